The third-order valence-corrected chi connectivity index (χ3v) is 0. The van der Waals surface area contributed by atoms with E-state index in [1.807, 2.05) is 0 Å². The minimum Gasteiger partial charge on any atom is -0.813 e. The average Bonchev–Trinajstić information content (AvgIpc) is 0. The van der Waals surface area contributed by atoms with Crippen LogP contribution in [0.5, 0.6) is 0 Å². The molecule has 0 aliphatic carbocycles. The molecule has 5 heavy (non-hydrogen) atoms. The summed E-state index contributed by atoms with van der Waals surface area (Å²) in [4.78, 5) is 0. The summed E-state index contributed by atoms with van der Waals surface area (Å²) in [6, 6.07) is 0. The molecule has 40 valence electrons. The van der Waals surface area contributed by atoms with Crippen molar-refractivity contribution in [1.82, 2.24) is 0 Å². The van der Waals surface area contributed by atoms with Gasteiger partial charge in [0, 0.05) is 21.1 Å². The maximum absolute atomic E-state index is 0. The Hall–Kier alpha value is 1.48. The number of thiol groups is 1. The van der Waals surface area contributed by atoms with E-state index in [4.69, 9.17) is 0 Å². The maximum Gasteiger partial charge on any atom is 1.00 e. The minimum absolute atomic E-state index is 0. The standard InChI is InChI=1S/Cu.Mo.2H2O.H2S/h;;3*1H2/q+1;;;;/p-1. The average molecular weight is 229 g/mol. The molecular weight excluding hydrogens is 224 g/mol. The molecule has 0 radical (unpaired) electrons. The van der Waals surface area contributed by atoms with Crippen LogP contribution in [0, 0.1) is 0 Å². The molecule has 0 amide bonds. The number of rotatable bonds is 0. The molecule has 2 nitrogen and oxygen atoms in total. The molecule has 0 saturated heterocycles. The van der Waals surface area contributed by atoms with Crippen LogP contribution in [0.2, 0.25) is 0 Å². The molecule has 0 aromatic rings. The van der Waals surface area contributed by atoms with Crippen LogP contribution >= 0.6 is 0 Å². The van der Waals surface area contributed by atoms with E-state index in [2.05, 4.69) is 0 Å². The van der Waals surface area contributed by atoms with Crippen LogP contribution in [0.1, 0.15) is 0 Å². The van der Waals surface area contributed by atoms with E-state index >= 15 is 0 Å². The molecule has 0 atom stereocenters. The third-order valence-electron chi connectivity index (χ3n) is 0. The first-order chi connectivity index (χ1) is 0. The Kier molecular flexibility index (Phi) is 895. The van der Waals surface area contributed by atoms with Gasteiger partial charge < -0.3 is 24.4 Å². The molecule has 4 N–H and O–H groups in total. The summed E-state index contributed by atoms with van der Waals surface area (Å²) in [6.45, 7) is 0. The zero-order valence-electron chi connectivity index (χ0n) is 2.16. The van der Waals surface area contributed by atoms with E-state index in [-0.39, 0.29) is 62.6 Å². The van der Waals surface area contributed by atoms with E-state index in [1.54, 1.807) is 0 Å². The van der Waals surface area contributed by atoms with Crippen LogP contribution in [0.4, 0.5) is 0 Å². The van der Waals surface area contributed by atoms with Gasteiger partial charge in [-0.15, -0.1) is 0 Å². The van der Waals surface area contributed by atoms with Crippen molar-refractivity contribution in [3.63, 3.8) is 0 Å². The van der Waals surface area contributed by atoms with Gasteiger partial charge in [0.1, 0.15) is 0 Å². The molecule has 0 spiro atoms. The van der Waals surface area contributed by atoms with E-state index in [0.717, 1.165) is 0 Å². The van der Waals surface area contributed by atoms with Gasteiger partial charge in [0.05, 0.1) is 0 Å². The Labute approximate surface area is 62.5 Å². The molecule has 0 unspecified atom stereocenters. The second kappa shape index (κ2) is 50.3. The maximum atomic E-state index is 0. The van der Waals surface area contributed by atoms with Gasteiger partial charge in [0.25, 0.3) is 0 Å². The molecule has 0 aliphatic rings. The summed E-state index contributed by atoms with van der Waals surface area (Å²) < 4.78 is 0. The van der Waals surface area contributed by atoms with Crippen LogP contribution in [-0.2, 0) is 51.6 Å². The van der Waals surface area contributed by atoms with Crippen LogP contribution in [0.25, 0.3) is 0 Å². The van der Waals surface area contributed by atoms with Gasteiger partial charge in [-0.1, -0.05) is 0 Å². The summed E-state index contributed by atoms with van der Waals surface area (Å²) in [5.74, 6) is 0. The fraction of sp³-hybridized carbons (Fsp3) is 0. The summed E-state index contributed by atoms with van der Waals surface area (Å²) in [7, 11) is 0. The van der Waals surface area contributed by atoms with E-state index in [0.29, 0.717) is 0 Å². The molecule has 0 saturated carbocycles. The fourth-order valence-corrected chi connectivity index (χ4v) is 0. The Bertz CT molecular complexity index is 9.61. The van der Waals surface area contributed by atoms with Gasteiger partial charge in [-0.05, 0) is 0 Å². The zero-order valence-corrected chi connectivity index (χ0v) is 6.00. The predicted octanol–water partition coefficient (Wildman–Crippen LogP) is -1.92. The number of hydrogen-bond acceptors (Lipinski definition) is 1. The third kappa shape index (κ3) is 30.3. The first-order valence-electron chi connectivity index (χ1n) is 0. The molecule has 0 fully saturated rings. The molecule has 0 heterocycles. The monoisotopic (exact) mass is 230 g/mol. The van der Waals surface area contributed by atoms with Gasteiger partial charge in [0.15, 0.2) is 0 Å². The Morgan fingerprint density at radius 2 is 0.800 bits per heavy atom. The second-order valence-corrected chi connectivity index (χ2v) is 0. The molecule has 0 aromatic heterocycles. The van der Waals surface area contributed by atoms with Gasteiger partial charge in [-0.25, -0.2) is 0 Å². The van der Waals surface area contributed by atoms with E-state index in [1.165, 1.54) is 0 Å². The smallest absolute Gasteiger partial charge is 0.813 e. The molecule has 0 bridgehead atoms. The van der Waals surface area contributed by atoms with Gasteiger partial charge in [-0.2, -0.15) is 0 Å². The molecule has 5 heteroatoms. The largest absolute Gasteiger partial charge is 1.00 e. The van der Waals surface area contributed by atoms with Crippen LogP contribution < -0.4 is 0 Å². The van der Waals surface area contributed by atoms with Crippen molar-refractivity contribution >= 4 is 13.5 Å². The van der Waals surface area contributed by atoms with Gasteiger partial charge >= 0.3 is 17.1 Å². The summed E-state index contributed by atoms with van der Waals surface area (Å²) in [5.41, 5.74) is 0. The van der Waals surface area contributed by atoms with Crippen LogP contribution in [0.15, 0.2) is 0 Å². The normalized spacial score (nSPS) is 0. The van der Waals surface area contributed by atoms with Crippen molar-refractivity contribution in [2.24, 2.45) is 0 Å². The molecule has 0 rings (SSSR count). The van der Waals surface area contributed by atoms with Crippen molar-refractivity contribution in [3.05, 3.63) is 0 Å². The predicted molar refractivity (Wildman–Crippen MR) is 16.0 cm³/mol. The minimum atomic E-state index is 0. The van der Waals surface area contributed by atoms with Crippen LogP contribution in [-0.4, -0.2) is 11.0 Å². The van der Waals surface area contributed by atoms with Crippen molar-refractivity contribution in [2.75, 3.05) is 0 Å². The zero-order chi connectivity index (χ0) is 0. The summed E-state index contributed by atoms with van der Waals surface area (Å²) >= 11 is 0. The van der Waals surface area contributed by atoms with E-state index in [9.17, 15) is 0 Å². The molecule has 0 aromatic carbocycles. The SMILES string of the molecule is O.O.[Cu+].[Mo].[SH-]. The molecular formula is H5CuMoO2S. The van der Waals surface area contributed by atoms with Crippen molar-refractivity contribution < 1.29 is 49.1 Å². The van der Waals surface area contributed by atoms with E-state index < -0.39 is 0 Å². The van der Waals surface area contributed by atoms with Crippen LogP contribution in [0.3, 0.4) is 0 Å². The quantitative estimate of drug-likeness (QED) is 0.271. The van der Waals surface area contributed by atoms with Crippen molar-refractivity contribution in [2.45, 2.75) is 0 Å². The van der Waals surface area contributed by atoms with Gasteiger partial charge in [-0.3, -0.25) is 0 Å². The molecule has 0 aliphatic heterocycles. The summed E-state index contributed by atoms with van der Waals surface area (Å²) in [6.07, 6.45) is 0. The van der Waals surface area contributed by atoms with Gasteiger partial charge in [0.2, 0.25) is 0 Å². The first-order valence-corrected chi connectivity index (χ1v) is 0. The Morgan fingerprint density at radius 3 is 0.800 bits per heavy atom. The summed E-state index contributed by atoms with van der Waals surface area (Å²) in [5, 5.41) is 0. The Morgan fingerprint density at radius 1 is 0.800 bits per heavy atom. The first kappa shape index (κ1) is 89.0. The fourth-order valence-electron chi connectivity index (χ4n) is 0. The second-order valence-electron chi connectivity index (χ2n) is 0. The van der Waals surface area contributed by atoms with Crippen molar-refractivity contribution in [1.29, 1.82) is 0 Å². The Balaban J connectivity index is 0. The number of hydrogen-bond donors (Lipinski definition) is 0. The van der Waals surface area contributed by atoms with Crippen molar-refractivity contribution in [3.8, 4) is 0 Å². The topological polar surface area (TPSA) is 63.0 Å².